The third kappa shape index (κ3) is 2.07. The maximum absolute atomic E-state index is 12.5. The number of anilines is 1. The molecule has 0 fully saturated rings. The largest absolute Gasteiger partial charge is 0.339 e. The van der Waals surface area contributed by atoms with E-state index in [-0.39, 0.29) is 5.91 Å². The van der Waals surface area contributed by atoms with Crippen molar-refractivity contribution in [2.45, 2.75) is 13.0 Å². The first-order valence-corrected chi connectivity index (χ1v) is 7.53. The summed E-state index contributed by atoms with van der Waals surface area (Å²) >= 11 is 5.94. The Kier molecular flexibility index (Phi) is 3.11. The van der Waals surface area contributed by atoms with Gasteiger partial charge in [0.2, 0.25) is 5.96 Å². The van der Waals surface area contributed by atoms with Gasteiger partial charge >= 0.3 is 0 Å². The van der Waals surface area contributed by atoms with E-state index in [1.54, 1.807) is 11.2 Å². The number of rotatable bonds is 2. The molecule has 22 heavy (non-hydrogen) atoms. The number of fused-ring (bicyclic) bond motifs is 2. The van der Waals surface area contributed by atoms with Crippen molar-refractivity contribution in [2.24, 2.45) is 4.99 Å². The summed E-state index contributed by atoms with van der Waals surface area (Å²) < 4.78 is 0. The van der Waals surface area contributed by atoms with Crippen LogP contribution in [0, 0.1) is 0 Å². The Bertz CT molecular complexity index is 752. The molecule has 0 atom stereocenters. The highest BCUT2D eigenvalue weighted by molar-refractivity contribution is 6.30. The quantitative estimate of drug-likeness (QED) is 0.924. The van der Waals surface area contributed by atoms with Gasteiger partial charge in [-0.25, -0.2) is 4.98 Å². The molecule has 2 aliphatic heterocycles. The van der Waals surface area contributed by atoms with Crippen molar-refractivity contribution in [3.8, 4) is 0 Å². The molecule has 1 aromatic carbocycles. The molecule has 3 heterocycles. The van der Waals surface area contributed by atoms with Gasteiger partial charge in [0.05, 0.1) is 12.9 Å². The number of aromatic nitrogens is 2. The molecule has 112 valence electrons. The average Bonchev–Trinajstić information content (AvgIpc) is 3.03. The minimum Gasteiger partial charge on any atom is -0.339 e. The van der Waals surface area contributed by atoms with Crippen molar-refractivity contribution >= 4 is 29.3 Å². The van der Waals surface area contributed by atoms with Gasteiger partial charge in [-0.05, 0) is 24.1 Å². The second kappa shape index (κ2) is 5.14. The van der Waals surface area contributed by atoms with E-state index in [4.69, 9.17) is 11.6 Å². The van der Waals surface area contributed by atoms with Crippen molar-refractivity contribution in [2.75, 3.05) is 18.0 Å². The highest BCUT2D eigenvalue weighted by Crippen LogP contribution is 2.28. The Labute approximate surface area is 132 Å². The zero-order valence-corrected chi connectivity index (χ0v) is 12.5. The molecule has 7 heteroatoms. The SMILES string of the molecule is O=C1c2[nH]cnc2N(Cc2ccc(Cl)cc2)C2=NCCCN12. The summed E-state index contributed by atoms with van der Waals surface area (Å²) in [6.45, 7) is 2.01. The van der Waals surface area contributed by atoms with Crippen LogP contribution >= 0.6 is 11.6 Å². The zero-order chi connectivity index (χ0) is 15.1. The molecule has 2 aromatic rings. The lowest BCUT2D eigenvalue weighted by atomic mass is 10.1. The van der Waals surface area contributed by atoms with Crippen molar-refractivity contribution in [3.05, 3.63) is 46.9 Å². The van der Waals surface area contributed by atoms with Crippen LogP contribution in [0.25, 0.3) is 0 Å². The van der Waals surface area contributed by atoms with E-state index in [2.05, 4.69) is 15.0 Å². The van der Waals surface area contributed by atoms with Gasteiger partial charge in [-0.1, -0.05) is 23.7 Å². The summed E-state index contributed by atoms with van der Waals surface area (Å²) in [5.41, 5.74) is 1.61. The topological polar surface area (TPSA) is 64.6 Å². The van der Waals surface area contributed by atoms with E-state index in [1.807, 2.05) is 29.2 Å². The number of guanidine groups is 1. The molecule has 6 nitrogen and oxygen atoms in total. The Morgan fingerprint density at radius 1 is 1.27 bits per heavy atom. The van der Waals surface area contributed by atoms with Gasteiger partial charge in [-0.15, -0.1) is 0 Å². The lowest BCUT2D eigenvalue weighted by molar-refractivity contribution is 0.0828. The lowest BCUT2D eigenvalue weighted by Crippen LogP contribution is -2.53. The molecule has 2 aliphatic rings. The van der Waals surface area contributed by atoms with Crippen molar-refractivity contribution in [3.63, 3.8) is 0 Å². The standard InChI is InChI=1S/C15H14ClN5O/c16-11-4-2-10(3-5-11)8-21-13-12(18-9-19-13)14(22)20-7-1-6-17-15(20)21/h2-5,9H,1,6-8H2,(H,18,19). The Hall–Kier alpha value is -2.34. The van der Waals surface area contributed by atoms with Crippen LogP contribution in [0.15, 0.2) is 35.6 Å². The summed E-state index contributed by atoms with van der Waals surface area (Å²) in [7, 11) is 0. The third-order valence-electron chi connectivity index (χ3n) is 3.86. The maximum atomic E-state index is 12.5. The van der Waals surface area contributed by atoms with Crippen LogP contribution in [0.2, 0.25) is 5.02 Å². The molecule has 0 spiro atoms. The predicted molar refractivity (Wildman–Crippen MR) is 84.2 cm³/mol. The van der Waals surface area contributed by atoms with Crippen LogP contribution in [-0.2, 0) is 6.54 Å². The molecule has 4 rings (SSSR count). The van der Waals surface area contributed by atoms with E-state index in [9.17, 15) is 4.79 Å². The molecule has 0 saturated heterocycles. The van der Waals surface area contributed by atoms with Crippen molar-refractivity contribution in [1.82, 2.24) is 14.9 Å². The van der Waals surface area contributed by atoms with Crippen LogP contribution in [0.1, 0.15) is 22.5 Å². The van der Waals surface area contributed by atoms with Crippen molar-refractivity contribution in [1.29, 1.82) is 0 Å². The molecule has 1 amide bonds. The minimum absolute atomic E-state index is 0.0571. The Balaban J connectivity index is 1.75. The van der Waals surface area contributed by atoms with E-state index in [1.165, 1.54) is 0 Å². The molecule has 0 saturated carbocycles. The normalized spacial score (nSPS) is 17.1. The summed E-state index contributed by atoms with van der Waals surface area (Å²) in [4.78, 5) is 28.0. The van der Waals surface area contributed by atoms with Crippen LogP contribution in [0.5, 0.6) is 0 Å². The molecule has 0 aliphatic carbocycles. The minimum atomic E-state index is -0.0571. The second-order valence-electron chi connectivity index (χ2n) is 5.31. The number of benzene rings is 1. The van der Waals surface area contributed by atoms with E-state index in [0.717, 1.165) is 18.5 Å². The van der Waals surface area contributed by atoms with Gasteiger partial charge in [0.15, 0.2) is 5.82 Å². The van der Waals surface area contributed by atoms with Gasteiger partial charge in [0, 0.05) is 18.1 Å². The van der Waals surface area contributed by atoms with Gasteiger partial charge in [0.1, 0.15) is 5.69 Å². The number of H-pyrrole nitrogens is 1. The Morgan fingerprint density at radius 3 is 2.91 bits per heavy atom. The third-order valence-corrected chi connectivity index (χ3v) is 4.12. The summed E-state index contributed by atoms with van der Waals surface area (Å²) in [5, 5.41) is 0.703. The van der Waals surface area contributed by atoms with Gasteiger partial charge in [-0.2, -0.15) is 0 Å². The van der Waals surface area contributed by atoms with E-state index < -0.39 is 0 Å². The zero-order valence-electron chi connectivity index (χ0n) is 11.8. The number of nitrogens with zero attached hydrogens (tertiary/aromatic N) is 4. The molecule has 1 N–H and O–H groups in total. The highest BCUT2D eigenvalue weighted by atomic mass is 35.5. The number of aliphatic imine (C=N–C) groups is 1. The van der Waals surface area contributed by atoms with Crippen LogP contribution < -0.4 is 4.90 Å². The summed E-state index contributed by atoms with van der Waals surface area (Å²) in [5.74, 6) is 1.26. The van der Waals surface area contributed by atoms with Gasteiger partial charge < -0.3 is 4.98 Å². The molecular formula is C15H14ClN5O. The predicted octanol–water partition coefficient (Wildman–Crippen LogP) is 2.29. The number of aromatic amines is 1. The number of hydrogen-bond donors (Lipinski definition) is 1. The number of carbonyl (C=O) groups is 1. The van der Waals surface area contributed by atoms with Gasteiger partial charge in [0.25, 0.3) is 5.91 Å². The molecule has 0 radical (unpaired) electrons. The molecule has 0 bridgehead atoms. The van der Waals surface area contributed by atoms with E-state index in [0.29, 0.717) is 35.6 Å². The van der Waals surface area contributed by atoms with Crippen LogP contribution in [0.3, 0.4) is 0 Å². The lowest BCUT2D eigenvalue weighted by Gasteiger charge is -2.38. The fourth-order valence-corrected chi connectivity index (χ4v) is 2.94. The number of amides is 1. The van der Waals surface area contributed by atoms with Gasteiger partial charge in [-0.3, -0.25) is 19.6 Å². The summed E-state index contributed by atoms with van der Waals surface area (Å²) in [6.07, 6.45) is 2.43. The first-order chi connectivity index (χ1) is 10.7. The summed E-state index contributed by atoms with van der Waals surface area (Å²) in [6, 6.07) is 7.66. The van der Waals surface area contributed by atoms with Crippen LogP contribution in [0.4, 0.5) is 5.82 Å². The van der Waals surface area contributed by atoms with Crippen molar-refractivity contribution < 1.29 is 4.79 Å². The second-order valence-corrected chi connectivity index (χ2v) is 5.74. The first-order valence-electron chi connectivity index (χ1n) is 7.16. The number of carbonyl (C=O) groups excluding carboxylic acids is 1. The fraction of sp³-hybridized carbons (Fsp3) is 0.267. The monoisotopic (exact) mass is 315 g/mol. The smallest absolute Gasteiger partial charge is 0.280 e. The number of nitrogens with one attached hydrogen (secondary N) is 1. The molecule has 0 unspecified atom stereocenters. The molecular weight excluding hydrogens is 302 g/mol. The highest BCUT2D eigenvalue weighted by Gasteiger charge is 2.38. The first kappa shape index (κ1) is 13.3. The Morgan fingerprint density at radius 2 is 2.09 bits per heavy atom. The maximum Gasteiger partial charge on any atom is 0.280 e. The number of halogens is 1. The molecule has 1 aromatic heterocycles. The number of imidazole rings is 1. The number of hydrogen-bond acceptors (Lipinski definition) is 4. The van der Waals surface area contributed by atoms with Crippen LogP contribution in [-0.4, -0.2) is 39.8 Å². The average molecular weight is 316 g/mol. The fourth-order valence-electron chi connectivity index (χ4n) is 2.81. The van der Waals surface area contributed by atoms with E-state index >= 15 is 0 Å².